The van der Waals surface area contributed by atoms with E-state index in [2.05, 4.69) is 26.4 Å². The zero-order chi connectivity index (χ0) is 14.6. The monoisotopic (exact) mass is 331 g/mol. The van der Waals surface area contributed by atoms with E-state index in [0.29, 0.717) is 4.47 Å². The molecule has 0 saturated carbocycles. The summed E-state index contributed by atoms with van der Waals surface area (Å²) in [7, 11) is 0. The van der Waals surface area contributed by atoms with Crippen LogP contribution in [0.25, 0.3) is 0 Å². The molecular weight excluding hydrogens is 317 g/mol. The van der Waals surface area contributed by atoms with Gasteiger partial charge in [0.25, 0.3) is 0 Å². The van der Waals surface area contributed by atoms with E-state index in [4.69, 9.17) is 10.9 Å². The number of amides is 1. The first-order chi connectivity index (χ1) is 8.88. The smallest absolute Gasteiger partial charge is 0.235 e. The molecule has 7 heteroatoms. The van der Waals surface area contributed by atoms with Crippen LogP contribution in [-0.4, -0.2) is 17.0 Å². The van der Waals surface area contributed by atoms with E-state index < -0.39 is 17.6 Å². The number of hydrogen-bond acceptors (Lipinski definition) is 3. The van der Waals surface area contributed by atoms with Crippen molar-refractivity contribution in [2.24, 2.45) is 22.7 Å². The number of oxime groups is 1. The molecule has 0 aromatic heterocycles. The van der Waals surface area contributed by atoms with Gasteiger partial charge in [-0.2, -0.15) is 0 Å². The van der Waals surface area contributed by atoms with Crippen molar-refractivity contribution in [3.63, 3.8) is 0 Å². The first-order valence-electron chi connectivity index (χ1n) is 5.60. The minimum absolute atomic E-state index is 0.0314. The third kappa shape index (κ3) is 3.66. The molecular formula is C12H15BrFN3O2. The second-order valence-electron chi connectivity index (χ2n) is 4.33. The molecule has 0 fully saturated rings. The number of carbonyl (C=O) groups excluding carboxylic acids is 1. The fourth-order valence-corrected chi connectivity index (χ4v) is 2.10. The van der Waals surface area contributed by atoms with Crippen LogP contribution in [0, 0.1) is 17.7 Å². The Morgan fingerprint density at radius 2 is 2.16 bits per heavy atom. The van der Waals surface area contributed by atoms with Gasteiger partial charge in [0.2, 0.25) is 5.91 Å². The molecule has 0 aliphatic heterocycles. The summed E-state index contributed by atoms with van der Waals surface area (Å²) in [6, 6.07) is 4.35. The van der Waals surface area contributed by atoms with E-state index in [1.54, 1.807) is 19.9 Å². The zero-order valence-corrected chi connectivity index (χ0v) is 12.1. The molecule has 1 atom stereocenters. The van der Waals surface area contributed by atoms with Gasteiger partial charge in [-0.05, 0) is 34.0 Å². The SMILES string of the molecule is CC(C)C(C(=O)Nc1c(F)cccc1Br)/C(N)=N/O. The topological polar surface area (TPSA) is 87.7 Å². The van der Waals surface area contributed by atoms with Gasteiger partial charge in [-0.3, -0.25) is 4.79 Å². The summed E-state index contributed by atoms with van der Waals surface area (Å²) in [4.78, 5) is 12.1. The Labute approximate surface area is 118 Å². The van der Waals surface area contributed by atoms with Crippen LogP contribution in [0.1, 0.15) is 13.8 Å². The molecule has 0 heterocycles. The molecule has 5 nitrogen and oxygen atoms in total. The normalized spacial score (nSPS) is 13.4. The first kappa shape index (κ1) is 15.4. The molecule has 0 bridgehead atoms. The lowest BCUT2D eigenvalue weighted by atomic mass is 9.94. The van der Waals surface area contributed by atoms with Crippen LogP contribution in [0.5, 0.6) is 0 Å². The largest absolute Gasteiger partial charge is 0.409 e. The number of hydrogen-bond donors (Lipinski definition) is 3. The predicted octanol–water partition coefficient (Wildman–Crippen LogP) is 2.55. The summed E-state index contributed by atoms with van der Waals surface area (Å²) in [6.07, 6.45) is 0. The Morgan fingerprint density at radius 1 is 1.53 bits per heavy atom. The van der Waals surface area contributed by atoms with E-state index in [1.165, 1.54) is 12.1 Å². The quantitative estimate of drug-likeness (QED) is 0.343. The van der Waals surface area contributed by atoms with E-state index in [9.17, 15) is 9.18 Å². The summed E-state index contributed by atoms with van der Waals surface area (Å²) in [5, 5.41) is 14.0. The zero-order valence-electron chi connectivity index (χ0n) is 10.5. The number of nitrogens with zero attached hydrogens (tertiary/aromatic N) is 1. The number of carbonyl (C=O) groups is 1. The van der Waals surface area contributed by atoms with Gasteiger partial charge in [0, 0.05) is 4.47 Å². The molecule has 0 aliphatic carbocycles. The Bertz CT molecular complexity index is 485. The molecule has 4 N–H and O–H groups in total. The Morgan fingerprint density at radius 3 is 2.63 bits per heavy atom. The highest BCUT2D eigenvalue weighted by Gasteiger charge is 2.27. The Hall–Kier alpha value is -1.63. The number of rotatable bonds is 4. The predicted molar refractivity (Wildman–Crippen MR) is 74.5 cm³/mol. The lowest BCUT2D eigenvalue weighted by molar-refractivity contribution is -0.119. The standard InChI is InChI=1S/C12H15BrFN3O2/c1-6(2)9(11(15)17-19)12(18)16-10-7(13)4-3-5-8(10)14/h3-6,9,19H,1-2H3,(H2,15,17)(H,16,18). The number of benzene rings is 1. The maximum atomic E-state index is 13.6. The summed E-state index contributed by atoms with van der Waals surface area (Å²) in [5.74, 6) is -2.33. The van der Waals surface area contributed by atoms with Crippen LogP contribution in [0.3, 0.4) is 0 Å². The Balaban J connectivity index is 3.01. The first-order valence-corrected chi connectivity index (χ1v) is 6.40. The number of nitrogens with one attached hydrogen (secondary N) is 1. The third-order valence-electron chi connectivity index (χ3n) is 2.59. The molecule has 1 amide bonds. The molecule has 1 aromatic carbocycles. The molecule has 19 heavy (non-hydrogen) atoms. The minimum Gasteiger partial charge on any atom is -0.409 e. The minimum atomic E-state index is -0.837. The number of halogens is 2. The van der Waals surface area contributed by atoms with Crippen LogP contribution < -0.4 is 11.1 Å². The van der Waals surface area contributed by atoms with Crippen molar-refractivity contribution in [1.29, 1.82) is 0 Å². The van der Waals surface area contributed by atoms with Gasteiger partial charge in [-0.15, -0.1) is 0 Å². The van der Waals surface area contributed by atoms with Crippen LogP contribution in [0.2, 0.25) is 0 Å². The average Bonchev–Trinajstić information content (AvgIpc) is 2.33. The average molecular weight is 332 g/mol. The second kappa shape index (κ2) is 6.51. The van der Waals surface area contributed by atoms with Crippen molar-refractivity contribution in [1.82, 2.24) is 0 Å². The molecule has 1 unspecified atom stereocenters. The van der Waals surface area contributed by atoms with E-state index in [1.807, 2.05) is 0 Å². The van der Waals surface area contributed by atoms with Gasteiger partial charge in [-0.1, -0.05) is 25.1 Å². The van der Waals surface area contributed by atoms with Gasteiger partial charge >= 0.3 is 0 Å². The molecule has 1 rings (SSSR count). The number of nitrogens with two attached hydrogens (primary N) is 1. The van der Waals surface area contributed by atoms with Crippen LogP contribution in [0.15, 0.2) is 27.8 Å². The van der Waals surface area contributed by atoms with Crippen molar-refractivity contribution in [2.75, 3.05) is 5.32 Å². The highest BCUT2D eigenvalue weighted by Crippen LogP contribution is 2.26. The summed E-state index contributed by atoms with van der Waals surface area (Å²) < 4.78 is 14.0. The molecule has 0 spiro atoms. The van der Waals surface area contributed by atoms with Crippen molar-refractivity contribution in [3.8, 4) is 0 Å². The van der Waals surface area contributed by atoms with Crippen LogP contribution in [0.4, 0.5) is 10.1 Å². The maximum Gasteiger partial charge on any atom is 0.235 e. The number of anilines is 1. The molecule has 104 valence electrons. The van der Waals surface area contributed by atoms with Gasteiger partial charge in [0.1, 0.15) is 11.7 Å². The van der Waals surface area contributed by atoms with E-state index >= 15 is 0 Å². The Kier molecular flexibility index (Phi) is 5.29. The molecule has 1 aromatic rings. The number of amidine groups is 1. The highest BCUT2D eigenvalue weighted by molar-refractivity contribution is 9.10. The highest BCUT2D eigenvalue weighted by atomic mass is 79.9. The van der Waals surface area contributed by atoms with Crippen LogP contribution >= 0.6 is 15.9 Å². The fraction of sp³-hybridized carbons (Fsp3) is 0.333. The van der Waals surface area contributed by atoms with E-state index in [0.717, 1.165) is 0 Å². The van der Waals surface area contributed by atoms with Gasteiger partial charge in [0.15, 0.2) is 5.84 Å². The van der Waals surface area contributed by atoms with Crippen molar-refractivity contribution in [2.45, 2.75) is 13.8 Å². The summed E-state index contributed by atoms with van der Waals surface area (Å²) in [5.41, 5.74) is 5.51. The summed E-state index contributed by atoms with van der Waals surface area (Å²) >= 11 is 3.15. The lowest BCUT2D eigenvalue weighted by Crippen LogP contribution is -2.38. The molecule has 0 saturated heterocycles. The number of para-hydroxylation sites is 1. The maximum absolute atomic E-state index is 13.6. The van der Waals surface area contributed by atoms with Crippen molar-refractivity contribution >= 4 is 33.4 Å². The van der Waals surface area contributed by atoms with E-state index in [-0.39, 0.29) is 17.4 Å². The molecule has 0 aliphatic rings. The van der Waals surface area contributed by atoms with Gasteiger partial charge in [-0.25, -0.2) is 4.39 Å². The lowest BCUT2D eigenvalue weighted by Gasteiger charge is -2.19. The van der Waals surface area contributed by atoms with Crippen LogP contribution in [-0.2, 0) is 4.79 Å². The summed E-state index contributed by atoms with van der Waals surface area (Å²) in [6.45, 7) is 3.50. The van der Waals surface area contributed by atoms with Gasteiger partial charge in [0.05, 0.1) is 5.69 Å². The third-order valence-corrected chi connectivity index (χ3v) is 3.26. The second-order valence-corrected chi connectivity index (χ2v) is 5.19. The van der Waals surface area contributed by atoms with Gasteiger partial charge < -0.3 is 16.3 Å². The molecule has 0 radical (unpaired) electrons. The van der Waals surface area contributed by atoms with Crippen molar-refractivity contribution < 1.29 is 14.4 Å². The van der Waals surface area contributed by atoms with Crippen molar-refractivity contribution in [3.05, 3.63) is 28.5 Å². The fourth-order valence-electron chi connectivity index (χ4n) is 1.66.